The van der Waals surface area contributed by atoms with Gasteiger partial charge in [-0.1, -0.05) is 35.9 Å². The predicted octanol–water partition coefficient (Wildman–Crippen LogP) is 3.55. The molecule has 0 aromatic heterocycles. The van der Waals surface area contributed by atoms with E-state index in [4.69, 9.17) is 26.8 Å². The molecular weight excluding hydrogens is 293 g/mol. The Morgan fingerprint density at radius 2 is 1.90 bits per heavy atom. The van der Waals surface area contributed by atoms with E-state index in [2.05, 4.69) is 0 Å². The Morgan fingerprint density at radius 1 is 1.14 bits per heavy atom. The van der Waals surface area contributed by atoms with Gasteiger partial charge in [-0.15, -0.1) is 0 Å². The van der Waals surface area contributed by atoms with Crippen LogP contribution in [0, 0.1) is 5.82 Å². The van der Waals surface area contributed by atoms with Gasteiger partial charge in [0.25, 0.3) is 0 Å². The Balaban J connectivity index is 2.32. The molecule has 112 valence electrons. The Hall–Kier alpha value is -1.62. The van der Waals surface area contributed by atoms with E-state index in [0.29, 0.717) is 29.5 Å². The van der Waals surface area contributed by atoms with Crippen LogP contribution in [-0.2, 0) is 4.74 Å². The summed E-state index contributed by atoms with van der Waals surface area (Å²) in [5.41, 5.74) is 7.13. The smallest absolute Gasteiger partial charge is 0.129 e. The molecule has 3 nitrogen and oxygen atoms in total. The summed E-state index contributed by atoms with van der Waals surface area (Å²) in [5, 5.41) is 0.300. The number of para-hydroxylation sites is 1. The van der Waals surface area contributed by atoms with Gasteiger partial charge in [0, 0.05) is 23.3 Å². The van der Waals surface area contributed by atoms with Crippen molar-refractivity contribution in [1.29, 1.82) is 0 Å². The molecular formula is C16H17ClFNO2. The lowest BCUT2D eigenvalue weighted by Crippen LogP contribution is -2.16. The molecule has 1 unspecified atom stereocenters. The Kier molecular flexibility index (Phi) is 5.56. The highest BCUT2D eigenvalue weighted by atomic mass is 35.5. The van der Waals surface area contributed by atoms with Gasteiger partial charge in [-0.25, -0.2) is 4.39 Å². The van der Waals surface area contributed by atoms with E-state index in [1.807, 2.05) is 12.1 Å². The van der Waals surface area contributed by atoms with Gasteiger partial charge in [0.1, 0.15) is 18.2 Å². The third kappa shape index (κ3) is 3.73. The monoisotopic (exact) mass is 309 g/mol. The average Bonchev–Trinajstić information content (AvgIpc) is 2.47. The van der Waals surface area contributed by atoms with Gasteiger partial charge < -0.3 is 15.2 Å². The minimum absolute atomic E-state index is 0.266. The lowest BCUT2D eigenvalue weighted by atomic mass is 9.98. The SMILES string of the molecule is COCCOc1ccccc1C(N)c1c(F)cccc1Cl. The van der Waals surface area contributed by atoms with Crippen molar-refractivity contribution in [3.63, 3.8) is 0 Å². The van der Waals surface area contributed by atoms with E-state index >= 15 is 0 Å². The fourth-order valence-electron chi connectivity index (χ4n) is 2.07. The van der Waals surface area contributed by atoms with Crippen LogP contribution < -0.4 is 10.5 Å². The largest absolute Gasteiger partial charge is 0.491 e. The van der Waals surface area contributed by atoms with Crippen LogP contribution >= 0.6 is 11.6 Å². The number of rotatable bonds is 6. The highest BCUT2D eigenvalue weighted by Crippen LogP contribution is 2.33. The van der Waals surface area contributed by atoms with Crippen molar-refractivity contribution in [1.82, 2.24) is 0 Å². The summed E-state index contributed by atoms with van der Waals surface area (Å²) in [6.07, 6.45) is 0. The van der Waals surface area contributed by atoms with Crippen LogP contribution in [0.4, 0.5) is 4.39 Å². The van der Waals surface area contributed by atoms with Gasteiger partial charge in [0.15, 0.2) is 0 Å². The van der Waals surface area contributed by atoms with Crippen LogP contribution in [0.1, 0.15) is 17.2 Å². The zero-order valence-electron chi connectivity index (χ0n) is 11.7. The maximum atomic E-state index is 14.0. The second-order valence-corrected chi connectivity index (χ2v) is 4.90. The van der Waals surface area contributed by atoms with E-state index in [9.17, 15) is 4.39 Å². The summed E-state index contributed by atoms with van der Waals surface area (Å²) >= 11 is 6.07. The molecule has 21 heavy (non-hydrogen) atoms. The minimum Gasteiger partial charge on any atom is -0.491 e. The van der Waals surface area contributed by atoms with Crippen LogP contribution in [0.2, 0.25) is 5.02 Å². The summed E-state index contributed by atoms with van der Waals surface area (Å²) in [7, 11) is 1.60. The number of halogens is 2. The maximum absolute atomic E-state index is 14.0. The van der Waals surface area contributed by atoms with Gasteiger partial charge in [0.05, 0.1) is 12.6 Å². The van der Waals surface area contributed by atoms with Crippen LogP contribution in [0.3, 0.4) is 0 Å². The van der Waals surface area contributed by atoms with Crippen LogP contribution in [-0.4, -0.2) is 20.3 Å². The first-order valence-electron chi connectivity index (χ1n) is 6.55. The standard InChI is InChI=1S/C16H17ClFNO2/c1-20-9-10-21-14-8-3-2-5-11(14)16(19)15-12(17)6-4-7-13(15)18/h2-8,16H,9-10,19H2,1H3. The minimum atomic E-state index is -0.697. The molecule has 0 heterocycles. The third-order valence-corrected chi connectivity index (χ3v) is 3.44. The Morgan fingerprint density at radius 3 is 2.62 bits per heavy atom. The van der Waals surface area contributed by atoms with Crippen molar-refractivity contribution in [2.45, 2.75) is 6.04 Å². The lowest BCUT2D eigenvalue weighted by molar-refractivity contribution is 0.145. The second kappa shape index (κ2) is 7.41. The molecule has 0 saturated heterocycles. The van der Waals surface area contributed by atoms with Crippen molar-refractivity contribution in [2.24, 2.45) is 5.73 Å². The van der Waals surface area contributed by atoms with Gasteiger partial charge >= 0.3 is 0 Å². The molecule has 0 amide bonds. The van der Waals surface area contributed by atoms with Crippen molar-refractivity contribution in [2.75, 3.05) is 20.3 Å². The van der Waals surface area contributed by atoms with Crippen molar-refractivity contribution < 1.29 is 13.9 Å². The number of nitrogens with two attached hydrogens (primary N) is 1. The highest BCUT2D eigenvalue weighted by molar-refractivity contribution is 6.31. The van der Waals surface area contributed by atoms with E-state index in [1.54, 1.807) is 31.4 Å². The zero-order chi connectivity index (χ0) is 15.2. The van der Waals surface area contributed by atoms with Crippen molar-refractivity contribution in [3.05, 3.63) is 64.4 Å². The molecule has 0 spiro atoms. The summed E-state index contributed by atoms with van der Waals surface area (Å²) in [6, 6.07) is 11.1. The second-order valence-electron chi connectivity index (χ2n) is 4.49. The molecule has 0 saturated carbocycles. The molecule has 2 rings (SSSR count). The average molecular weight is 310 g/mol. The summed E-state index contributed by atoms with van der Waals surface area (Å²) in [5.74, 6) is 0.170. The first-order valence-corrected chi connectivity index (χ1v) is 6.93. The molecule has 2 aromatic rings. The molecule has 0 fully saturated rings. The van der Waals surface area contributed by atoms with Crippen LogP contribution in [0.15, 0.2) is 42.5 Å². The molecule has 1 atom stereocenters. The fraction of sp³-hybridized carbons (Fsp3) is 0.250. The maximum Gasteiger partial charge on any atom is 0.129 e. The fourth-order valence-corrected chi connectivity index (χ4v) is 2.35. The lowest BCUT2D eigenvalue weighted by Gasteiger charge is -2.18. The molecule has 2 N–H and O–H groups in total. The van der Waals surface area contributed by atoms with E-state index in [0.717, 1.165) is 0 Å². The molecule has 0 aliphatic heterocycles. The number of methoxy groups -OCH3 is 1. The van der Waals surface area contributed by atoms with Crippen molar-refractivity contribution >= 4 is 11.6 Å². The molecule has 0 radical (unpaired) electrons. The van der Waals surface area contributed by atoms with E-state index in [-0.39, 0.29) is 5.56 Å². The number of hydrogen-bond donors (Lipinski definition) is 1. The molecule has 0 aliphatic rings. The quantitative estimate of drug-likeness (QED) is 0.830. The highest BCUT2D eigenvalue weighted by Gasteiger charge is 2.20. The zero-order valence-corrected chi connectivity index (χ0v) is 12.4. The summed E-state index contributed by atoms with van der Waals surface area (Å²) < 4.78 is 24.6. The molecule has 0 aliphatic carbocycles. The summed E-state index contributed by atoms with van der Waals surface area (Å²) in [4.78, 5) is 0. The van der Waals surface area contributed by atoms with Crippen molar-refractivity contribution in [3.8, 4) is 5.75 Å². The molecule has 5 heteroatoms. The first kappa shape index (κ1) is 15.8. The number of hydrogen-bond acceptors (Lipinski definition) is 3. The molecule has 0 bridgehead atoms. The van der Waals surface area contributed by atoms with Crippen LogP contribution in [0.5, 0.6) is 5.75 Å². The van der Waals surface area contributed by atoms with Gasteiger partial charge in [0.2, 0.25) is 0 Å². The Labute approximate surface area is 128 Å². The Bertz CT molecular complexity index is 586. The first-order chi connectivity index (χ1) is 10.1. The van der Waals surface area contributed by atoms with Gasteiger partial charge in [-0.05, 0) is 18.2 Å². The topological polar surface area (TPSA) is 44.5 Å². The predicted molar refractivity (Wildman–Crippen MR) is 81.3 cm³/mol. The van der Waals surface area contributed by atoms with Gasteiger partial charge in [-0.2, -0.15) is 0 Å². The van der Waals surface area contributed by atoms with Crippen LogP contribution in [0.25, 0.3) is 0 Å². The summed E-state index contributed by atoms with van der Waals surface area (Å²) in [6.45, 7) is 0.856. The number of benzene rings is 2. The van der Waals surface area contributed by atoms with Gasteiger partial charge in [-0.3, -0.25) is 0 Å². The van der Waals surface area contributed by atoms with E-state index < -0.39 is 11.9 Å². The molecule has 2 aromatic carbocycles. The third-order valence-electron chi connectivity index (χ3n) is 3.11. The number of ether oxygens (including phenoxy) is 2. The van der Waals surface area contributed by atoms with E-state index in [1.165, 1.54) is 6.07 Å². The normalized spacial score (nSPS) is 12.2.